The van der Waals surface area contributed by atoms with E-state index in [1.807, 2.05) is 0 Å². The van der Waals surface area contributed by atoms with Crippen molar-refractivity contribution in [1.29, 1.82) is 10.5 Å². The second-order valence-corrected chi connectivity index (χ2v) is 13.6. The number of rotatable bonds is 8. The topological polar surface area (TPSA) is 158 Å². The number of halogens is 6. The molecule has 0 bridgehead atoms. The molecule has 2 heterocycles. The molecule has 0 fully saturated rings. The maximum Gasteiger partial charge on any atom is 0.395 e. The fourth-order valence-electron chi connectivity index (χ4n) is 4.68. The molecule has 10 nitrogen and oxygen atoms in total. The maximum atomic E-state index is 13.6. The third-order valence-electron chi connectivity index (χ3n) is 6.83. The van der Waals surface area contributed by atoms with E-state index in [4.69, 9.17) is 10.2 Å². The highest BCUT2D eigenvalue weighted by Gasteiger charge is 2.43. The van der Waals surface area contributed by atoms with Crippen LogP contribution in [0.5, 0.6) is 0 Å². The van der Waals surface area contributed by atoms with Gasteiger partial charge in [-0.15, -0.1) is 0 Å². The van der Waals surface area contributed by atoms with E-state index >= 15 is 0 Å². The van der Waals surface area contributed by atoms with Crippen LogP contribution in [0.3, 0.4) is 0 Å². The van der Waals surface area contributed by atoms with E-state index < -0.39 is 22.4 Å². The Bertz CT molecular complexity index is 2230. The summed E-state index contributed by atoms with van der Waals surface area (Å²) in [5.41, 5.74) is 1.90. The molecular formula is C32H16Br2F4N6O4S2. The van der Waals surface area contributed by atoms with Crippen molar-refractivity contribution in [3.63, 3.8) is 0 Å². The lowest BCUT2D eigenvalue weighted by Gasteiger charge is -2.15. The molecule has 4 aromatic carbocycles. The largest absolute Gasteiger partial charge is 0.476 e. The summed E-state index contributed by atoms with van der Waals surface area (Å²) in [6.07, 6.45) is 2.63. The number of nitrogens with zero attached hydrogens (tertiary/aromatic N) is 6. The highest BCUT2D eigenvalue weighted by Crippen LogP contribution is 2.41. The van der Waals surface area contributed by atoms with Crippen molar-refractivity contribution >= 4 is 88.9 Å². The van der Waals surface area contributed by atoms with Crippen LogP contribution in [0.4, 0.5) is 17.6 Å². The first kappa shape index (κ1) is 36.4. The van der Waals surface area contributed by atoms with E-state index in [0.717, 1.165) is 0 Å². The van der Waals surface area contributed by atoms with Crippen LogP contribution in [0.15, 0.2) is 105 Å². The molecule has 0 saturated heterocycles. The van der Waals surface area contributed by atoms with Gasteiger partial charge in [-0.2, -0.15) is 28.1 Å². The summed E-state index contributed by atoms with van der Waals surface area (Å²) in [7, 11) is 0. The van der Waals surface area contributed by atoms with Crippen LogP contribution >= 0.6 is 55.4 Å². The summed E-state index contributed by atoms with van der Waals surface area (Å²) in [6.45, 7) is 0. The molecule has 0 radical (unpaired) electrons. The van der Waals surface area contributed by atoms with Gasteiger partial charge in [-0.3, -0.25) is 9.13 Å². The summed E-state index contributed by atoms with van der Waals surface area (Å²) < 4.78 is 58.0. The van der Waals surface area contributed by atoms with Gasteiger partial charge in [-0.25, -0.2) is 19.6 Å². The lowest BCUT2D eigenvalue weighted by atomic mass is 10.0. The molecule has 0 atom stereocenters. The Kier molecular flexibility index (Phi) is 10.6. The van der Waals surface area contributed by atoms with Crippen molar-refractivity contribution in [1.82, 2.24) is 19.1 Å². The molecule has 252 valence electrons. The Balaban J connectivity index is 0.000000194. The van der Waals surface area contributed by atoms with Crippen molar-refractivity contribution in [2.75, 3.05) is 0 Å². The zero-order valence-electron chi connectivity index (χ0n) is 24.6. The molecule has 0 amide bonds. The maximum absolute atomic E-state index is 13.6. The lowest BCUT2D eigenvalue weighted by molar-refractivity contribution is -0.153. The van der Waals surface area contributed by atoms with Crippen molar-refractivity contribution in [3.05, 3.63) is 106 Å². The lowest BCUT2D eigenvalue weighted by Crippen LogP contribution is -2.24. The van der Waals surface area contributed by atoms with Gasteiger partial charge in [0.1, 0.15) is 9.21 Å². The summed E-state index contributed by atoms with van der Waals surface area (Å²) in [5, 5.41) is 30.0. The molecule has 0 saturated carbocycles. The summed E-state index contributed by atoms with van der Waals surface area (Å²) in [4.78, 5) is 29.2. The fourth-order valence-corrected chi connectivity index (χ4v) is 7.26. The van der Waals surface area contributed by atoms with Gasteiger partial charge in [0.2, 0.25) is 0 Å². The first-order chi connectivity index (χ1) is 23.7. The quantitative estimate of drug-likeness (QED) is 0.112. The zero-order chi connectivity index (χ0) is 36.4. The Morgan fingerprint density at radius 2 is 0.980 bits per heavy atom. The van der Waals surface area contributed by atoms with E-state index in [2.05, 4.69) is 54.0 Å². The number of hydrogen-bond donors (Lipinski definition) is 2. The van der Waals surface area contributed by atoms with E-state index in [1.54, 1.807) is 72.8 Å². The Hall–Kier alpha value is -4.88. The molecule has 6 rings (SSSR count). The number of carboxylic acid groups (broad SMARTS) is 2. The molecule has 0 spiro atoms. The fraction of sp³-hybridized carbons (Fsp3) is 0.0625. The van der Waals surface area contributed by atoms with Gasteiger partial charge >= 0.3 is 22.4 Å². The van der Waals surface area contributed by atoms with Crippen LogP contribution in [-0.2, 0) is 9.59 Å². The molecule has 0 aliphatic carbocycles. The summed E-state index contributed by atoms with van der Waals surface area (Å²) in [5.74, 6) is -4.49. The number of fused-ring (bicyclic) bond motifs is 2. The monoisotopic (exact) mass is 846 g/mol. The van der Waals surface area contributed by atoms with Crippen molar-refractivity contribution in [3.8, 4) is 23.5 Å². The number of alkyl halides is 4. The Morgan fingerprint density at radius 3 is 1.30 bits per heavy atom. The second kappa shape index (κ2) is 14.5. The average Bonchev–Trinajstić information content (AvgIpc) is 3.63. The SMILES string of the molecule is N#Cc1ccc(-n2c(Br)cnc2SC(F)(F)C(=O)O)c2ccccc12.N#Cc1ccc(-n2c(Br)cnc2SC(F)(F)C(=O)O)c2ccccc12. The normalized spacial score (nSPS) is 11.4. The molecule has 50 heavy (non-hydrogen) atoms. The third-order valence-corrected chi connectivity index (χ3v) is 9.76. The first-order valence-corrected chi connectivity index (χ1v) is 16.8. The first-order valence-electron chi connectivity index (χ1n) is 13.6. The molecule has 0 unspecified atom stereocenters. The van der Waals surface area contributed by atoms with E-state index in [1.165, 1.54) is 21.5 Å². The van der Waals surface area contributed by atoms with Crippen LogP contribution in [0, 0.1) is 22.7 Å². The van der Waals surface area contributed by atoms with Crippen LogP contribution < -0.4 is 0 Å². The van der Waals surface area contributed by atoms with Crippen LogP contribution in [0.2, 0.25) is 0 Å². The van der Waals surface area contributed by atoms with E-state index in [0.29, 0.717) is 53.3 Å². The summed E-state index contributed by atoms with van der Waals surface area (Å²) >= 11 is 6.18. The second-order valence-electron chi connectivity index (χ2n) is 9.83. The van der Waals surface area contributed by atoms with E-state index in [-0.39, 0.29) is 33.8 Å². The van der Waals surface area contributed by atoms with Gasteiger partial charge in [0.25, 0.3) is 0 Å². The average molecular weight is 848 g/mol. The zero-order valence-corrected chi connectivity index (χ0v) is 29.4. The van der Waals surface area contributed by atoms with Crippen molar-refractivity contribution in [2.24, 2.45) is 0 Å². The van der Waals surface area contributed by atoms with Gasteiger partial charge < -0.3 is 10.2 Å². The molecule has 0 aliphatic rings. The molecule has 0 aliphatic heterocycles. The van der Waals surface area contributed by atoms with Gasteiger partial charge in [-0.1, -0.05) is 48.5 Å². The molecule has 6 aromatic rings. The predicted molar refractivity (Wildman–Crippen MR) is 184 cm³/mol. The highest BCUT2D eigenvalue weighted by molar-refractivity contribution is 9.10. The van der Waals surface area contributed by atoms with Gasteiger partial charge in [0.05, 0.1) is 47.0 Å². The van der Waals surface area contributed by atoms with Gasteiger partial charge in [-0.05, 0) is 79.6 Å². The standard InChI is InChI=1S/2C16H8BrF2N3O2S/c2*17-13-8-21-15(25-16(18,19)14(23)24)22(13)12-6-5-9(7-20)10-3-1-2-4-11(10)12/h2*1-6,8H,(H,23,24). The molecular weight excluding hydrogens is 832 g/mol. The third kappa shape index (κ3) is 7.19. The Morgan fingerprint density at radius 1 is 0.640 bits per heavy atom. The number of thioether (sulfide) groups is 2. The summed E-state index contributed by atoms with van der Waals surface area (Å²) in [6, 6.07) is 24.6. The van der Waals surface area contributed by atoms with Crippen molar-refractivity contribution in [2.45, 2.75) is 20.8 Å². The van der Waals surface area contributed by atoms with Gasteiger partial charge in [0, 0.05) is 21.5 Å². The van der Waals surface area contributed by atoms with Crippen LogP contribution in [0.25, 0.3) is 32.9 Å². The number of imidazole rings is 2. The highest BCUT2D eigenvalue weighted by atomic mass is 79.9. The number of nitriles is 2. The minimum atomic E-state index is -4.02. The number of aromatic nitrogens is 4. The van der Waals surface area contributed by atoms with E-state index in [9.17, 15) is 37.7 Å². The number of hydrogen-bond acceptors (Lipinski definition) is 8. The predicted octanol–water partition coefficient (Wildman–Crippen LogP) is 8.86. The molecule has 18 heteroatoms. The molecule has 2 N–H and O–H groups in total. The number of carboxylic acids is 2. The smallest absolute Gasteiger partial charge is 0.395 e. The van der Waals surface area contributed by atoms with Crippen LogP contribution in [-0.4, -0.2) is 51.8 Å². The minimum Gasteiger partial charge on any atom is -0.476 e. The number of benzene rings is 4. The molecule has 2 aromatic heterocycles. The minimum absolute atomic E-state index is 0.161. The number of aliphatic carboxylic acids is 2. The number of carbonyl (C=O) groups is 2. The van der Waals surface area contributed by atoms with Crippen molar-refractivity contribution < 1.29 is 37.4 Å². The van der Waals surface area contributed by atoms with Gasteiger partial charge in [0.15, 0.2) is 10.3 Å². The Labute approximate surface area is 304 Å². The van der Waals surface area contributed by atoms with Crippen LogP contribution in [0.1, 0.15) is 11.1 Å².